The molecule has 1 saturated carbocycles. The average Bonchev–Trinajstić information content (AvgIpc) is 3.54. The number of thiazole rings is 1. The first-order valence-corrected chi connectivity index (χ1v) is 13.0. The number of hydrogen-bond donors (Lipinski definition) is 2. The van der Waals surface area contributed by atoms with Crippen LogP contribution in [-0.4, -0.2) is 50.1 Å². The molecule has 1 saturated heterocycles. The second kappa shape index (κ2) is 10.2. The van der Waals surface area contributed by atoms with E-state index in [1.807, 2.05) is 48.4 Å². The Hall–Kier alpha value is -2.84. The number of aryl methyl sites for hydroxylation is 1. The van der Waals surface area contributed by atoms with Crippen LogP contribution in [0.25, 0.3) is 10.6 Å². The normalized spacial score (nSPS) is 22.6. The Labute approximate surface area is 204 Å². The maximum Gasteiger partial charge on any atom is 0.226 e. The molecule has 0 unspecified atom stereocenters. The van der Waals surface area contributed by atoms with Crippen molar-refractivity contribution in [2.45, 2.75) is 57.4 Å². The Balaban J connectivity index is 1.21. The lowest BCUT2D eigenvalue weighted by Gasteiger charge is -2.32. The molecule has 1 aliphatic heterocycles. The van der Waals surface area contributed by atoms with Crippen LogP contribution >= 0.6 is 11.3 Å². The van der Waals surface area contributed by atoms with Gasteiger partial charge in [0.1, 0.15) is 11.6 Å². The summed E-state index contributed by atoms with van der Waals surface area (Å²) in [6.45, 7) is 2.91. The van der Waals surface area contributed by atoms with Gasteiger partial charge in [-0.05, 0) is 75.3 Å². The summed E-state index contributed by atoms with van der Waals surface area (Å²) >= 11 is 1.70. The Kier molecular flexibility index (Phi) is 6.87. The highest BCUT2D eigenvalue weighted by molar-refractivity contribution is 7.15. The third-order valence-corrected chi connectivity index (χ3v) is 8.18. The van der Waals surface area contributed by atoms with Crippen LogP contribution in [0.15, 0.2) is 42.7 Å². The number of amides is 1. The molecule has 3 aromatic heterocycles. The Morgan fingerprint density at radius 2 is 2.00 bits per heavy atom. The minimum absolute atomic E-state index is 0.0196. The van der Waals surface area contributed by atoms with Gasteiger partial charge >= 0.3 is 0 Å². The van der Waals surface area contributed by atoms with E-state index in [2.05, 4.69) is 10.3 Å². The van der Waals surface area contributed by atoms with E-state index in [0.717, 1.165) is 77.8 Å². The number of nitrogens with one attached hydrogen (secondary N) is 1. The molecule has 0 bridgehead atoms. The monoisotopic (exact) mass is 477 g/mol. The molecule has 7 nitrogen and oxygen atoms in total. The number of carbonyl (C=O) groups excluding carboxylic acids is 1. The Bertz CT molecular complexity index is 1140. The predicted octanol–water partition coefficient (Wildman–Crippen LogP) is 4.91. The molecule has 8 heteroatoms. The summed E-state index contributed by atoms with van der Waals surface area (Å²) in [5.74, 6) is 2.26. The molecule has 34 heavy (non-hydrogen) atoms. The van der Waals surface area contributed by atoms with E-state index >= 15 is 0 Å². The Morgan fingerprint density at radius 3 is 2.79 bits per heavy atom. The molecule has 2 aliphatic rings. The van der Waals surface area contributed by atoms with Crippen molar-refractivity contribution in [1.82, 2.24) is 19.9 Å². The van der Waals surface area contributed by atoms with Crippen LogP contribution in [0.1, 0.15) is 55.0 Å². The molecule has 1 amide bonds. The van der Waals surface area contributed by atoms with Crippen molar-refractivity contribution in [1.29, 1.82) is 0 Å². The molecule has 1 aliphatic carbocycles. The number of anilines is 2. The van der Waals surface area contributed by atoms with Crippen molar-refractivity contribution in [2.75, 3.05) is 18.5 Å². The summed E-state index contributed by atoms with van der Waals surface area (Å²) in [6, 6.07) is 9.93. The lowest BCUT2D eigenvalue weighted by atomic mass is 9.81. The predicted molar refractivity (Wildman–Crippen MR) is 134 cm³/mol. The highest BCUT2D eigenvalue weighted by Gasteiger charge is 2.35. The maximum absolute atomic E-state index is 13.0. The van der Waals surface area contributed by atoms with Crippen LogP contribution in [0.2, 0.25) is 0 Å². The van der Waals surface area contributed by atoms with Crippen molar-refractivity contribution in [3.05, 3.63) is 53.3 Å². The van der Waals surface area contributed by atoms with Gasteiger partial charge < -0.3 is 15.3 Å². The van der Waals surface area contributed by atoms with Gasteiger partial charge in [0, 0.05) is 30.8 Å². The first-order valence-electron chi connectivity index (χ1n) is 12.1. The number of carbonyl (C=O) groups is 1. The fourth-order valence-corrected chi connectivity index (χ4v) is 6.17. The van der Waals surface area contributed by atoms with Crippen LogP contribution in [0.4, 0.5) is 11.6 Å². The minimum Gasteiger partial charge on any atom is -0.394 e. The molecule has 3 aromatic rings. The van der Waals surface area contributed by atoms with Gasteiger partial charge in [-0.15, -0.1) is 11.3 Å². The number of rotatable bonds is 6. The number of likely N-dealkylation sites (tertiary alicyclic amines) is 1. The second-order valence-electron chi connectivity index (χ2n) is 9.37. The number of pyridine rings is 2. The number of hydrogen-bond acceptors (Lipinski definition) is 7. The summed E-state index contributed by atoms with van der Waals surface area (Å²) in [4.78, 5) is 29.8. The maximum atomic E-state index is 13.0. The zero-order valence-electron chi connectivity index (χ0n) is 19.5. The summed E-state index contributed by atoms with van der Waals surface area (Å²) in [6.07, 6.45) is 9.39. The van der Waals surface area contributed by atoms with Gasteiger partial charge in [0.05, 0.1) is 28.2 Å². The third kappa shape index (κ3) is 4.98. The molecule has 5 rings (SSSR count). The lowest BCUT2D eigenvalue weighted by molar-refractivity contribution is -0.138. The first kappa shape index (κ1) is 22.9. The van der Waals surface area contributed by atoms with Gasteiger partial charge in [-0.3, -0.25) is 4.79 Å². The van der Waals surface area contributed by atoms with Crippen molar-refractivity contribution in [2.24, 2.45) is 5.92 Å². The molecule has 2 fully saturated rings. The summed E-state index contributed by atoms with van der Waals surface area (Å²) in [5.41, 5.74) is 2.04. The van der Waals surface area contributed by atoms with Crippen LogP contribution < -0.4 is 5.32 Å². The number of aliphatic hydroxyl groups excluding tert-OH is 1. The van der Waals surface area contributed by atoms with Gasteiger partial charge in [0.15, 0.2) is 0 Å². The van der Waals surface area contributed by atoms with Crippen molar-refractivity contribution < 1.29 is 9.90 Å². The van der Waals surface area contributed by atoms with Crippen molar-refractivity contribution >= 4 is 28.9 Å². The van der Waals surface area contributed by atoms with Gasteiger partial charge in [-0.2, -0.15) is 0 Å². The summed E-state index contributed by atoms with van der Waals surface area (Å²) < 4.78 is 0. The van der Waals surface area contributed by atoms with E-state index in [1.165, 1.54) is 0 Å². The lowest BCUT2D eigenvalue weighted by Crippen LogP contribution is -2.42. The van der Waals surface area contributed by atoms with Gasteiger partial charge in [-0.25, -0.2) is 15.0 Å². The zero-order valence-corrected chi connectivity index (χ0v) is 20.3. The Morgan fingerprint density at radius 1 is 1.15 bits per heavy atom. The highest BCUT2D eigenvalue weighted by Crippen LogP contribution is 2.40. The molecule has 1 atom stereocenters. The number of aliphatic hydroxyl groups is 1. The fourth-order valence-electron chi connectivity index (χ4n) is 5.11. The number of aromatic nitrogens is 3. The quantitative estimate of drug-likeness (QED) is 0.524. The minimum atomic E-state index is 0.0196. The molecule has 4 heterocycles. The standard InChI is InChI=1S/C26H31N5O2S/c1-17-11-12-27-24(14-17)30-23-6-2-5-21(29-23)22-15-28-25(34-22)18-7-9-19(10-8-18)26(33)31-13-3-4-20(31)16-32/h2,5-6,11-12,14-15,18-20,32H,3-4,7-10,13,16H2,1H3,(H,27,29,30)/t18?,19?,20-/m1/s1. The molecule has 178 valence electrons. The fraction of sp³-hybridized carbons (Fsp3) is 0.462. The molecule has 0 radical (unpaired) electrons. The third-order valence-electron chi connectivity index (χ3n) is 6.99. The van der Waals surface area contributed by atoms with Crippen molar-refractivity contribution in [3.63, 3.8) is 0 Å². The number of nitrogens with zero attached hydrogens (tertiary/aromatic N) is 4. The van der Waals surface area contributed by atoms with Crippen LogP contribution in [-0.2, 0) is 4.79 Å². The van der Waals surface area contributed by atoms with Gasteiger partial charge in [0.25, 0.3) is 0 Å². The first-order chi connectivity index (χ1) is 16.6. The molecule has 2 N–H and O–H groups in total. The van der Waals surface area contributed by atoms with E-state index in [4.69, 9.17) is 9.97 Å². The topological polar surface area (TPSA) is 91.2 Å². The van der Waals surface area contributed by atoms with Crippen LogP contribution in [0, 0.1) is 12.8 Å². The van der Waals surface area contributed by atoms with E-state index < -0.39 is 0 Å². The highest BCUT2D eigenvalue weighted by atomic mass is 32.1. The second-order valence-corrected chi connectivity index (χ2v) is 10.4. The van der Waals surface area contributed by atoms with E-state index in [0.29, 0.717) is 5.92 Å². The summed E-state index contributed by atoms with van der Waals surface area (Å²) in [7, 11) is 0. The largest absolute Gasteiger partial charge is 0.394 e. The smallest absolute Gasteiger partial charge is 0.226 e. The summed E-state index contributed by atoms with van der Waals surface area (Å²) in [5, 5.41) is 14.0. The van der Waals surface area contributed by atoms with E-state index in [1.54, 1.807) is 17.5 Å². The zero-order chi connectivity index (χ0) is 23.5. The van der Waals surface area contributed by atoms with Gasteiger partial charge in [-0.1, -0.05) is 6.07 Å². The average molecular weight is 478 g/mol. The van der Waals surface area contributed by atoms with E-state index in [-0.39, 0.29) is 24.5 Å². The molecular formula is C26H31N5O2S. The molecule has 0 aromatic carbocycles. The van der Waals surface area contributed by atoms with E-state index in [9.17, 15) is 9.90 Å². The van der Waals surface area contributed by atoms with Crippen LogP contribution in [0.5, 0.6) is 0 Å². The van der Waals surface area contributed by atoms with Crippen LogP contribution in [0.3, 0.4) is 0 Å². The SMILES string of the molecule is Cc1ccnc(Nc2cccc(-c3cnc(C4CCC(C(=O)N5CCC[C@@H]5CO)CC4)s3)n2)c1. The van der Waals surface area contributed by atoms with Crippen molar-refractivity contribution in [3.8, 4) is 10.6 Å². The molecular weight excluding hydrogens is 446 g/mol. The van der Waals surface area contributed by atoms with Gasteiger partial charge in [0.2, 0.25) is 5.91 Å². The molecule has 0 spiro atoms.